The average molecular weight is 488 g/mol. The number of aliphatic carboxylic acids is 2. The number of hydrogen-bond acceptors (Lipinski definition) is 7. The van der Waals surface area contributed by atoms with Crippen LogP contribution in [0.15, 0.2) is 4.99 Å². The van der Waals surface area contributed by atoms with Gasteiger partial charge in [0.1, 0.15) is 18.1 Å². The highest BCUT2D eigenvalue weighted by Crippen LogP contribution is 2.06. The Morgan fingerprint density at radius 1 is 0.853 bits per heavy atom. The Morgan fingerprint density at radius 3 is 1.94 bits per heavy atom. The van der Waals surface area contributed by atoms with E-state index in [1.807, 2.05) is 13.8 Å². The van der Waals surface area contributed by atoms with Crippen LogP contribution in [0.25, 0.3) is 0 Å². The van der Waals surface area contributed by atoms with Crippen molar-refractivity contribution < 1.29 is 34.2 Å². The van der Waals surface area contributed by atoms with Gasteiger partial charge < -0.3 is 43.4 Å². The highest BCUT2D eigenvalue weighted by Gasteiger charge is 2.28. The molecule has 0 spiro atoms. The van der Waals surface area contributed by atoms with Crippen molar-refractivity contribution in [2.45, 2.75) is 77.0 Å². The standard InChI is InChI=1S/C20H37N7O7/c1-10(2)9-12(21)17(31)26-13(5-4-8-24-20(22)23)18(32)25-11(3)16(30)27-14(19(33)34)6-7-15(28)29/h10-14H,4-9,21H2,1-3H3,(H,25,32)(H,26,31)(H,27,30)(H,28,29)(H,33,34)(H4,22,23,24). The molecule has 14 nitrogen and oxygen atoms in total. The number of nitrogens with zero attached hydrogens (tertiary/aromatic N) is 1. The number of hydrogen-bond donors (Lipinski definition) is 8. The quantitative estimate of drug-likeness (QED) is 0.0664. The first kappa shape index (κ1) is 30.6. The molecule has 0 rings (SSSR count). The number of carbonyl (C=O) groups excluding carboxylic acids is 3. The fraction of sp³-hybridized carbons (Fsp3) is 0.700. The number of carboxylic acid groups (broad SMARTS) is 2. The third-order valence-electron chi connectivity index (χ3n) is 4.65. The Morgan fingerprint density at radius 2 is 1.44 bits per heavy atom. The number of carbonyl (C=O) groups is 5. The van der Waals surface area contributed by atoms with E-state index in [1.165, 1.54) is 6.92 Å². The largest absolute Gasteiger partial charge is 0.481 e. The Labute approximate surface area is 198 Å². The van der Waals surface area contributed by atoms with Crippen LogP contribution in [-0.4, -0.2) is 76.5 Å². The van der Waals surface area contributed by atoms with Crippen molar-refractivity contribution in [3.8, 4) is 0 Å². The van der Waals surface area contributed by atoms with Crippen LogP contribution in [0.2, 0.25) is 0 Å². The molecule has 0 fully saturated rings. The van der Waals surface area contributed by atoms with E-state index in [1.54, 1.807) is 0 Å². The maximum Gasteiger partial charge on any atom is 0.326 e. The minimum atomic E-state index is -1.44. The normalized spacial score (nSPS) is 14.3. The fourth-order valence-corrected chi connectivity index (χ4v) is 2.87. The highest BCUT2D eigenvalue weighted by molar-refractivity contribution is 5.94. The van der Waals surface area contributed by atoms with Gasteiger partial charge in [-0.1, -0.05) is 13.8 Å². The predicted octanol–water partition coefficient (Wildman–Crippen LogP) is -2.16. The number of nitrogens with two attached hydrogens (primary N) is 3. The van der Waals surface area contributed by atoms with Gasteiger partial charge in [0.2, 0.25) is 17.7 Å². The maximum atomic E-state index is 12.8. The third-order valence-corrected chi connectivity index (χ3v) is 4.65. The molecule has 0 aliphatic heterocycles. The molecule has 0 aromatic heterocycles. The zero-order valence-electron chi connectivity index (χ0n) is 19.7. The molecule has 4 unspecified atom stereocenters. The van der Waals surface area contributed by atoms with Gasteiger partial charge in [-0.15, -0.1) is 0 Å². The maximum absolute atomic E-state index is 12.8. The minimum absolute atomic E-state index is 0.120. The average Bonchev–Trinajstić information content (AvgIpc) is 2.71. The van der Waals surface area contributed by atoms with Crippen molar-refractivity contribution >= 4 is 35.6 Å². The topological polar surface area (TPSA) is 252 Å². The van der Waals surface area contributed by atoms with Gasteiger partial charge in [-0.05, 0) is 38.5 Å². The van der Waals surface area contributed by atoms with E-state index in [0.29, 0.717) is 12.8 Å². The monoisotopic (exact) mass is 487 g/mol. The predicted molar refractivity (Wildman–Crippen MR) is 123 cm³/mol. The molecular weight excluding hydrogens is 450 g/mol. The van der Waals surface area contributed by atoms with E-state index >= 15 is 0 Å². The van der Waals surface area contributed by atoms with Crippen molar-refractivity contribution in [2.24, 2.45) is 28.1 Å². The summed E-state index contributed by atoms with van der Waals surface area (Å²) in [5, 5.41) is 25.1. The molecule has 34 heavy (non-hydrogen) atoms. The summed E-state index contributed by atoms with van der Waals surface area (Å²) in [6, 6.07) is -4.48. The number of guanidine groups is 1. The van der Waals surface area contributed by atoms with Gasteiger partial charge in [-0.2, -0.15) is 0 Å². The van der Waals surface area contributed by atoms with Crippen molar-refractivity contribution in [1.82, 2.24) is 16.0 Å². The molecule has 0 saturated heterocycles. The summed E-state index contributed by atoms with van der Waals surface area (Å²) in [5.74, 6) is -4.63. The minimum Gasteiger partial charge on any atom is -0.481 e. The van der Waals surface area contributed by atoms with Crippen LogP contribution in [-0.2, 0) is 24.0 Å². The van der Waals surface area contributed by atoms with Crippen LogP contribution in [0.1, 0.15) is 52.9 Å². The number of carboxylic acids is 2. The number of amides is 3. The fourth-order valence-electron chi connectivity index (χ4n) is 2.87. The van der Waals surface area contributed by atoms with Crippen molar-refractivity contribution in [3.05, 3.63) is 0 Å². The van der Waals surface area contributed by atoms with Crippen LogP contribution in [0.3, 0.4) is 0 Å². The Kier molecular flexibility index (Phi) is 13.9. The van der Waals surface area contributed by atoms with Crippen molar-refractivity contribution in [2.75, 3.05) is 6.54 Å². The summed E-state index contributed by atoms with van der Waals surface area (Å²) in [6.07, 6.45) is 0.104. The lowest BCUT2D eigenvalue weighted by atomic mass is 10.0. The van der Waals surface area contributed by atoms with Crippen LogP contribution >= 0.6 is 0 Å². The summed E-state index contributed by atoms with van der Waals surface area (Å²) >= 11 is 0. The van der Waals surface area contributed by atoms with Gasteiger partial charge in [0, 0.05) is 13.0 Å². The van der Waals surface area contributed by atoms with E-state index in [0.717, 1.165) is 0 Å². The van der Waals surface area contributed by atoms with E-state index in [9.17, 15) is 29.1 Å². The van der Waals surface area contributed by atoms with E-state index < -0.39 is 60.2 Å². The molecule has 0 saturated carbocycles. The Bertz CT molecular complexity index is 754. The third kappa shape index (κ3) is 13.2. The van der Waals surface area contributed by atoms with Gasteiger partial charge in [0.05, 0.1) is 6.04 Å². The van der Waals surface area contributed by atoms with E-state index in [4.69, 9.17) is 22.3 Å². The Balaban J connectivity index is 5.19. The van der Waals surface area contributed by atoms with Gasteiger partial charge in [-0.3, -0.25) is 24.2 Å². The van der Waals surface area contributed by atoms with Gasteiger partial charge in [0.15, 0.2) is 5.96 Å². The van der Waals surface area contributed by atoms with Gasteiger partial charge >= 0.3 is 11.9 Å². The molecule has 3 amide bonds. The van der Waals surface area contributed by atoms with E-state index in [-0.39, 0.29) is 31.3 Å². The summed E-state index contributed by atoms with van der Waals surface area (Å²) < 4.78 is 0. The summed E-state index contributed by atoms with van der Waals surface area (Å²) in [5.41, 5.74) is 16.4. The molecule has 4 atom stereocenters. The first-order valence-electron chi connectivity index (χ1n) is 10.9. The lowest BCUT2D eigenvalue weighted by molar-refractivity contribution is -0.143. The first-order valence-corrected chi connectivity index (χ1v) is 10.9. The molecule has 0 aliphatic carbocycles. The van der Waals surface area contributed by atoms with Crippen LogP contribution in [0, 0.1) is 5.92 Å². The van der Waals surface area contributed by atoms with E-state index in [2.05, 4.69) is 20.9 Å². The molecule has 0 radical (unpaired) electrons. The molecule has 0 bridgehead atoms. The number of nitrogens with one attached hydrogen (secondary N) is 3. The second-order valence-corrected chi connectivity index (χ2v) is 8.31. The van der Waals surface area contributed by atoms with Gasteiger partial charge in [0.25, 0.3) is 0 Å². The second kappa shape index (κ2) is 15.4. The summed E-state index contributed by atoms with van der Waals surface area (Å²) in [4.78, 5) is 63.3. The lowest BCUT2D eigenvalue weighted by Gasteiger charge is -2.23. The number of aliphatic imine (C=N–C) groups is 1. The molecular formula is C20H37N7O7. The van der Waals surface area contributed by atoms with Gasteiger partial charge in [-0.25, -0.2) is 4.79 Å². The van der Waals surface area contributed by atoms with Crippen LogP contribution < -0.4 is 33.2 Å². The highest BCUT2D eigenvalue weighted by atomic mass is 16.4. The SMILES string of the molecule is CC(C)CC(N)C(=O)NC(CCCN=C(N)N)C(=O)NC(C)C(=O)NC(CCC(=O)O)C(=O)O. The molecule has 11 N–H and O–H groups in total. The smallest absolute Gasteiger partial charge is 0.326 e. The number of rotatable bonds is 16. The zero-order valence-corrected chi connectivity index (χ0v) is 19.7. The Hall–Kier alpha value is -3.42. The molecule has 14 heteroatoms. The summed E-state index contributed by atoms with van der Waals surface area (Å²) in [7, 11) is 0. The molecule has 0 aliphatic rings. The van der Waals surface area contributed by atoms with Crippen LogP contribution in [0.4, 0.5) is 0 Å². The summed E-state index contributed by atoms with van der Waals surface area (Å²) in [6.45, 7) is 5.33. The van der Waals surface area contributed by atoms with Crippen molar-refractivity contribution in [1.29, 1.82) is 0 Å². The van der Waals surface area contributed by atoms with Crippen LogP contribution in [0.5, 0.6) is 0 Å². The molecule has 0 heterocycles. The molecule has 0 aromatic carbocycles. The first-order chi connectivity index (χ1) is 15.7. The zero-order chi connectivity index (χ0) is 26.4. The lowest BCUT2D eigenvalue weighted by Crippen LogP contribution is -2.56. The van der Waals surface area contributed by atoms with Crippen molar-refractivity contribution in [3.63, 3.8) is 0 Å². The molecule has 194 valence electrons. The second-order valence-electron chi connectivity index (χ2n) is 8.31. The molecule has 0 aromatic rings.